The molecule has 2 heterocycles. The highest BCUT2D eigenvalue weighted by molar-refractivity contribution is 6.30. The van der Waals surface area contributed by atoms with Gasteiger partial charge in [-0.1, -0.05) is 11.6 Å². The lowest BCUT2D eigenvalue weighted by atomic mass is 10.2. The Morgan fingerprint density at radius 2 is 1.96 bits per heavy atom. The summed E-state index contributed by atoms with van der Waals surface area (Å²) in [6.45, 7) is 1.04. The number of carbonyl (C=O) groups is 1. The highest BCUT2D eigenvalue weighted by atomic mass is 35.5. The topological polar surface area (TPSA) is 92.3 Å². The van der Waals surface area contributed by atoms with E-state index in [4.69, 9.17) is 17.3 Å². The van der Waals surface area contributed by atoms with Crippen molar-refractivity contribution >= 4 is 17.6 Å². The lowest BCUT2D eigenvalue weighted by molar-refractivity contribution is -0.142. The van der Waals surface area contributed by atoms with Crippen LogP contribution in [0.1, 0.15) is 12.0 Å². The molecular weight excluding hydrogens is 316 g/mol. The number of aliphatic carboxylic acids is 1. The zero-order valence-corrected chi connectivity index (χ0v) is 13.1. The molecule has 3 N–H and O–H groups in total. The fraction of sp³-hybridized carbons (Fsp3) is 0.312. The van der Waals surface area contributed by atoms with Crippen molar-refractivity contribution < 1.29 is 9.90 Å². The van der Waals surface area contributed by atoms with E-state index in [1.165, 1.54) is 0 Å². The molecule has 120 valence electrons. The SMILES string of the molecule is N[C@H]1C[C@@H](C(=O)O)N(Cc2cnc(-c3ccc(Cl)cc3)nc2)C1. The molecule has 1 saturated heterocycles. The molecule has 1 aliphatic heterocycles. The molecule has 2 atom stereocenters. The summed E-state index contributed by atoms with van der Waals surface area (Å²) in [6, 6.07) is 6.65. The number of halogens is 1. The van der Waals surface area contributed by atoms with Gasteiger partial charge in [0.05, 0.1) is 0 Å². The van der Waals surface area contributed by atoms with Crippen LogP contribution in [-0.4, -0.2) is 44.6 Å². The number of nitrogens with two attached hydrogens (primary N) is 1. The van der Waals surface area contributed by atoms with Gasteiger partial charge in [-0.3, -0.25) is 9.69 Å². The first-order valence-corrected chi connectivity index (χ1v) is 7.70. The van der Waals surface area contributed by atoms with Gasteiger partial charge in [0.25, 0.3) is 0 Å². The van der Waals surface area contributed by atoms with Crippen LogP contribution in [0.25, 0.3) is 11.4 Å². The summed E-state index contributed by atoms with van der Waals surface area (Å²) in [6.07, 6.45) is 3.92. The standard InChI is InChI=1S/C16H17ClN4O2/c17-12-3-1-11(2-4-12)15-19-6-10(7-20-15)8-21-9-13(18)5-14(21)16(22)23/h1-4,6-7,13-14H,5,8-9,18H2,(H,22,23)/t13-,14-/m0/s1. The summed E-state index contributed by atoms with van der Waals surface area (Å²) in [5.41, 5.74) is 7.62. The zero-order chi connectivity index (χ0) is 16.4. The summed E-state index contributed by atoms with van der Waals surface area (Å²) in [4.78, 5) is 21.8. The van der Waals surface area contributed by atoms with Crippen LogP contribution in [-0.2, 0) is 11.3 Å². The van der Waals surface area contributed by atoms with Crippen LogP contribution >= 0.6 is 11.6 Å². The van der Waals surface area contributed by atoms with Crippen molar-refractivity contribution in [3.05, 3.63) is 47.2 Å². The number of benzene rings is 1. The quantitative estimate of drug-likeness (QED) is 0.886. The van der Waals surface area contributed by atoms with E-state index in [1.54, 1.807) is 24.5 Å². The molecule has 2 aromatic rings. The van der Waals surface area contributed by atoms with E-state index >= 15 is 0 Å². The minimum absolute atomic E-state index is 0.106. The first-order valence-electron chi connectivity index (χ1n) is 7.32. The lowest BCUT2D eigenvalue weighted by Crippen LogP contribution is -2.35. The molecule has 0 spiro atoms. The summed E-state index contributed by atoms with van der Waals surface area (Å²) in [5, 5.41) is 9.92. The molecule has 6 nitrogen and oxygen atoms in total. The summed E-state index contributed by atoms with van der Waals surface area (Å²) in [7, 11) is 0. The molecule has 0 bridgehead atoms. The van der Waals surface area contributed by atoms with Gasteiger partial charge in [0.2, 0.25) is 0 Å². The van der Waals surface area contributed by atoms with Crippen LogP contribution in [0.2, 0.25) is 5.02 Å². The summed E-state index contributed by atoms with van der Waals surface area (Å²) in [5.74, 6) is -0.227. The van der Waals surface area contributed by atoms with Crippen molar-refractivity contribution in [3.63, 3.8) is 0 Å². The van der Waals surface area contributed by atoms with Crippen molar-refractivity contribution in [2.45, 2.75) is 25.0 Å². The van der Waals surface area contributed by atoms with Crippen LogP contribution < -0.4 is 5.73 Å². The van der Waals surface area contributed by atoms with Gasteiger partial charge in [-0.15, -0.1) is 0 Å². The van der Waals surface area contributed by atoms with Crippen LogP contribution in [0.3, 0.4) is 0 Å². The second-order valence-corrected chi connectivity index (χ2v) is 6.14. The van der Waals surface area contributed by atoms with E-state index in [0.717, 1.165) is 11.1 Å². The van der Waals surface area contributed by atoms with Crippen molar-refractivity contribution in [2.75, 3.05) is 6.54 Å². The van der Waals surface area contributed by atoms with Crippen LogP contribution in [0.5, 0.6) is 0 Å². The Morgan fingerprint density at radius 3 is 2.57 bits per heavy atom. The molecule has 0 radical (unpaired) electrons. The average molecular weight is 333 g/mol. The Hall–Kier alpha value is -2.02. The van der Waals surface area contributed by atoms with Crippen molar-refractivity contribution in [3.8, 4) is 11.4 Å². The predicted molar refractivity (Wildman–Crippen MR) is 86.9 cm³/mol. The maximum absolute atomic E-state index is 11.3. The fourth-order valence-corrected chi connectivity index (χ4v) is 2.92. The maximum atomic E-state index is 11.3. The lowest BCUT2D eigenvalue weighted by Gasteiger charge is -2.20. The predicted octanol–water partition coefficient (Wildman–Crippen LogP) is 1.78. The monoisotopic (exact) mass is 332 g/mol. The largest absolute Gasteiger partial charge is 0.480 e. The third-order valence-electron chi connectivity index (χ3n) is 3.91. The number of hydrogen-bond acceptors (Lipinski definition) is 5. The van der Waals surface area contributed by atoms with Crippen LogP contribution in [0.4, 0.5) is 0 Å². The normalized spacial score (nSPS) is 21.5. The fourth-order valence-electron chi connectivity index (χ4n) is 2.79. The molecule has 7 heteroatoms. The van der Waals surface area contributed by atoms with Gasteiger partial charge in [-0.05, 0) is 30.7 Å². The van der Waals surface area contributed by atoms with E-state index in [0.29, 0.717) is 30.4 Å². The third kappa shape index (κ3) is 3.67. The van der Waals surface area contributed by atoms with Crippen molar-refractivity contribution in [1.82, 2.24) is 14.9 Å². The number of rotatable bonds is 4. The highest BCUT2D eigenvalue weighted by Crippen LogP contribution is 2.21. The van der Waals surface area contributed by atoms with Gasteiger partial charge < -0.3 is 10.8 Å². The smallest absolute Gasteiger partial charge is 0.320 e. The Morgan fingerprint density at radius 1 is 1.30 bits per heavy atom. The molecular formula is C16H17ClN4O2. The second-order valence-electron chi connectivity index (χ2n) is 5.70. The zero-order valence-electron chi connectivity index (χ0n) is 12.4. The molecule has 1 aliphatic rings. The highest BCUT2D eigenvalue weighted by Gasteiger charge is 2.34. The van der Waals surface area contributed by atoms with Gasteiger partial charge in [0.1, 0.15) is 6.04 Å². The molecule has 1 aromatic heterocycles. The molecule has 1 fully saturated rings. The molecule has 3 rings (SSSR count). The minimum atomic E-state index is -0.836. The first kappa shape index (κ1) is 15.9. The first-order chi connectivity index (χ1) is 11.0. The number of carboxylic acid groups (broad SMARTS) is 1. The molecule has 23 heavy (non-hydrogen) atoms. The number of hydrogen-bond donors (Lipinski definition) is 2. The Kier molecular flexibility index (Phi) is 4.56. The average Bonchev–Trinajstić information content (AvgIpc) is 2.90. The van der Waals surface area contributed by atoms with Gasteiger partial charge in [0, 0.05) is 47.7 Å². The van der Waals surface area contributed by atoms with Crippen molar-refractivity contribution in [1.29, 1.82) is 0 Å². The summed E-state index contributed by atoms with van der Waals surface area (Å²) >= 11 is 5.87. The van der Waals surface area contributed by atoms with Gasteiger partial charge in [-0.2, -0.15) is 0 Å². The minimum Gasteiger partial charge on any atom is -0.480 e. The maximum Gasteiger partial charge on any atom is 0.320 e. The van der Waals surface area contributed by atoms with Gasteiger partial charge >= 0.3 is 5.97 Å². The van der Waals surface area contributed by atoms with E-state index in [2.05, 4.69) is 9.97 Å². The number of nitrogens with zero attached hydrogens (tertiary/aromatic N) is 3. The molecule has 0 saturated carbocycles. The van der Waals surface area contributed by atoms with E-state index in [-0.39, 0.29) is 6.04 Å². The van der Waals surface area contributed by atoms with Gasteiger partial charge in [-0.25, -0.2) is 9.97 Å². The van der Waals surface area contributed by atoms with E-state index < -0.39 is 12.0 Å². The van der Waals surface area contributed by atoms with E-state index in [1.807, 2.05) is 17.0 Å². The summed E-state index contributed by atoms with van der Waals surface area (Å²) < 4.78 is 0. The van der Waals surface area contributed by atoms with Crippen LogP contribution in [0, 0.1) is 0 Å². The molecule has 0 unspecified atom stereocenters. The Labute approximate surface area is 138 Å². The Balaban J connectivity index is 1.72. The van der Waals surface area contributed by atoms with Crippen molar-refractivity contribution in [2.24, 2.45) is 5.73 Å². The third-order valence-corrected chi connectivity index (χ3v) is 4.17. The Bertz CT molecular complexity index is 690. The number of aromatic nitrogens is 2. The molecule has 0 aliphatic carbocycles. The molecule has 0 amide bonds. The molecule has 1 aromatic carbocycles. The number of carboxylic acids is 1. The van der Waals surface area contributed by atoms with E-state index in [9.17, 15) is 9.90 Å². The number of likely N-dealkylation sites (tertiary alicyclic amines) is 1. The van der Waals surface area contributed by atoms with Gasteiger partial charge in [0.15, 0.2) is 5.82 Å². The van der Waals surface area contributed by atoms with Crippen LogP contribution in [0.15, 0.2) is 36.7 Å². The second kappa shape index (κ2) is 6.62.